The Bertz CT molecular complexity index is 528. The highest BCUT2D eigenvalue weighted by atomic mass is 16.2. The Balaban J connectivity index is 1.89. The molecule has 1 amide bonds. The molecule has 0 bridgehead atoms. The quantitative estimate of drug-likeness (QED) is 0.847. The molecule has 20 heavy (non-hydrogen) atoms. The highest BCUT2D eigenvalue weighted by Gasteiger charge is 2.15. The topological polar surface area (TPSA) is 54.0 Å². The molecule has 0 fully saturated rings. The van der Waals surface area contributed by atoms with Gasteiger partial charge in [-0.15, -0.1) is 0 Å². The Morgan fingerprint density at radius 3 is 2.50 bits per heavy atom. The fraction of sp³-hybridized carbons (Fsp3) is 0.250. The number of hydrogen-bond acceptors (Lipinski definition) is 3. The molecule has 2 rings (SSSR count). The fourth-order valence-corrected chi connectivity index (χ4v) is 1.90. The minimum atomic E-state index is -0.223. The van der Waals surface area contributed by atoms with E-state index < -0.39 is 0 Å². The van der Waals surface area contributed by atoms with E-state index in [1.54, 1.807) is 12.4 Å². The predicted molar refractivity (Wildman–Crippen MR) is 80.2 cm³/mol. The van der Waals surface area contributed by atoms with Crippen molar-refractivity contribution < 1.29 is 4.79 Å². The SMILES string of the molecule is CC[C@H](Nc1ccccc1)C(=O)NCc1ccncc1. The largest absolute Gasteiger partial charge is 0.374 e. The van der Waals surface area contributed by atoms with Crippen molar-refractivity contribution in [3.05, 3.63) is 60.4 Å². The minimum Gasteiger partial charge on any atom is -0.374 e. The summed E-state index contributed by atoms with van der Waals surface area (Å²) < 4.78 is 0. The van der Waals surface area contributed by atoms with Gasteiger partial charge < -0.3 is 10.6 Å². The van der Waals surface area contributed by atoms with Gasteiger partial charge in [0.2, 0.25) is 5.91 Å². The summed E-state index contributed by atoms with van der Waals surface area (Å²) in [6.07, 6.45) is 4.18. The van der Waals surface area contributed by atoms with Crippen molar-refractivity contribution in [3.8, 4) is 0 Å². The summed E-state index contributed by atoms with van der Waals surface area (Å²) in [6.45, 7) is 2.51. The number of hydrogen-bond donors (Lipinski definition) is 2. The zero-order chi connectivity index (χ0) is 14.2. The van der Waals surface area contributed by atoms with Crippen LogP contribution in [0.1, 0.15) is 18.9 Å². The number of benzene rings is 1. The molecule has 4 nitrogen and oxygen atoms in total. The number of para-hydroxylation sites is 1. The third-order valence-corrected chi connectivity index (χ3v) is 3.06. The summed E-state index contributed by atoms with van der Waals surface area (Å²) in [5.74, 6) is 0.00756. The normalized spacial score (nSPS) is 11.7. The van der Waals surface area contributed by atoms with Gasteiger partial charge in [-0.25, -0.2) is 0 Å². The van der Waals surface area contributed by atoms with E-state index in [2.05, 4.69) is 15.6 Å². The lowest BCUT2D eigenvalue weighted by Crippen LogP contribution is -2.38. The third kappa shape index (κ3) is 4.09. The molecule has 1 aromatic heterocycles. The maximum absolute atomic E-state index is 12.2. The van der Waals surface area contributed by atoms with E-state index in [-0.39, 0.29) is 11.9 Å². The lowest BCUT2D eigenvalue weighted by Gasteiger charge is -2.18. The van der Waals surface area contributed by atoms with Crippen LogP contribution in [-0.2, 0) is 11.3 Å². The molecule has 0 aliphatic carbocycles. The number of nitrogens with zero attached hydrogens (tertiary/aromatic N) is 1. The number of anilines is 1. The van der Waals surface area contributed by atoms with E-state index >= 15 is 0 Å². The molecule has 4 heteroatoms. The molecule has 0 aliphatic heterocycles. The average molecular weight is 269 g/mol. The summed E-state index contributed by atoms with van der Waals surface area (Å²) in [7, 11) is 0. The van der Waals surface area contributed by atoms with Gasteiger partial charge in [0, 0.05) is 24.6 Å². The molecule has 0 aliphatic rings. The first-order valence-electron chi connectivity index (χ1n) is 6.78. The second kappa shape index (κ2) is 7.28. The summed E-state index contributed by atoms with van der Waals surface area (Å²) in [5, 5.41) is 6.18. The van der Waals surface area contributed by atoms with Crippen LogP contribution in [0.2, 0.25) is 0 Å². The van der Waals surface area contributed by atoms with Crippen LogP contribution in [0.5, 0.6) is 0 Å². The Hall–Kier alpha value is -2.36. The molecule has 0 saturated heterocycles. The second-order valence-electron chi connectivity index (χ2n) is 4.54. The number of carbonyl (C=O) groups excluding carboxylic acids is 1. The van der Waals surface area contributed by atoms with Crippen molar-refractivity contribution in [1.82, 2.24) is 10.3 Å². The van der Waals surface area contributed by atoms with E-state index in [0.29, 0.717) is 6.54 Å². The standard InChI is InChI=1S/C16H19N3O/c1-2-15(19-14-6-4-3-5-7-14)16(20)18-12-13-8-10-17-11-9-13/h3-11,15,19H,2,12H2,1H3,(H,18,20)/t15-/m0/s1. The van der Waals surface area contributed by atoms with Crippen LogP contribution >= 0.6 is 0 Å². The minimum absolute atomic E-state index is 0.00756. The number of aromatic nitrogens is 1. The number of pyridine rings is 1. The van der Waals surface area contributed by atoms with Gasteiger partial charge in [0.05, 0.1) is 0 Å². The zero-order valence-corrected chi connectivity index (χ0v) is 11.5. The molecular weight excluding hydrogens is 250 g/mol. The molecule has 0 saturated carbocycles. The number of carbonyl (C=O) groups is 1. The molecular formula is C16H19N3O. The maximum atomic E-state index is 12.2. The average Bonchev–Trinajstić information content (AvgIpc) is 2.52. The van der Waals surface area contributed by atoms with Crippen molar-refractivity contribution in [3.63, 3.8) is 0 Å². The summed E-state index contributed by atoms with van der Waals surface area (Å²) in [4.78, 5) is 16.1. The van der Waals surface area contributed by atoms with Crippen molar-refractivity contribution in [1.29, 1.82) is 0 Å². The van der Waals surface area contributed by atoms with Gasteiger partial charge >= 0.3 is 0 Å². The van der Waals surface area contributed by atoms with Crippen molar-refractivity contribution in [2.24, 2.45) is 0 Å². The summed E-state index contributed by atoms with van der Waals surface area (Å²) >= 11 is 0. The van der Waals surface area contributed by atoms with E-state index in [0.717, 1.165) is 17.7 Å². The first kappa shape index (κ1) is 14.1. The lowest BCUT2D eigenvalue weighted by atomic mass is 10.2. The van der Waals surface area contributed by atoms with Gasteiger partial charge in [-0.2, -0.15) is 0 Å². The van der Waals surface area contributed by atoms with Crippen LogP contribution in [0.25, 0.3) is 0 Å². The van der Waals surface area contributed by atoms with E-state index in [1.165, 1.54) is 0 Å². The Labute approximate surface area is 119 Å². The molecule has 0 radical (unpaired) electrons. The Morgan fingerprint density at radius 2 is 1.85 bits per heavy atom. The van der Waals surface area contributed by atoms with Gasteiger partial charge in [-0.3, -0.25) is 9.78 Å². The Kier molecular flexibility index (Phi) is 5.12. The van der Waals surface area contributed by atoms with Crippen LogP contribution in [-0.4, -0.2) is 16.9 Å². The van der Waals surface area contributed by atoms with Gasteiger partial charge in [0.15, 0.2) is 0 Å². The Morgan fingerprint density at radius 1 is 1.15 bits per heavy atom. The number of nitrogens with one attached hydrogen (secondary N) is 2. The van der Waals surface area contributed by atoms with Crippen LogP contribution in [0.3, 0.4) is 0 Å². The van der Waals surface area contributed by atoms with Gasteiger partial charge in [0.25, 0.3) is 0 Å². The maximum Gasteiger partial charge on any atom is 0.242 e. The first-order valence-corrected chi connectivity index (χ1v) is 6.78. The molecule has 0 unspecified atom stereocenters. The van der Waals surface area contributed by atoms with E-state index in [9.17, 15) is 4.79 Å². The van der Waals surface area contributed by atoms with Crippen molar-refractivity contribution in [2.75, 3.05) is 5.32 Å². The van der Waals surface area contributed by atoms with Crippen LogP contribution in [0.15, 0.2) is 54.9 Å². The third-order valence-electron chi connectivity index (χ3n) is 3.06. The van der Waals surface area contributed by atoms with E-state index in [1.807, 2.05) is 49.4 Å². The molecule has 0 spiro atoms. The molecule has 2 aromatic rings. The molecule has 1 aromatic carbocycles. The van der Waals surface area contributed by atoms with Gasteiger partial charge in [0.1, 0.15) is 6.04 Å². The van der Waals surface area contributed by atoms with Crippen LogP contribution in [0.4, 0.5) is 5.69 Å². The van der Waals surface area contributed by atoms with Gasteiger partial charge in [-0.05, 0) is 36.2 Å². The van der Waals surface area contributed by atoms with Crippen LogP contribution in [0, 0.1) is 0 Å². The van der Waals surface area contributed by atoms with Crippen LogP contribution < -0.4 is 10.6 Å². The summed E-state index contributed by atoms with van der Waals surface area (Å²) in [5.41, 5.74) is 2.00. The lowest BCUT2D eigenvalue weighted by molar-refractivity contribution is -0.122. The monoisotopic (exact) mass is 269 g/mol. The smallest absolute Gasteiger partial charge is 0.242 e. The number of amides is 1. The predicted octanol–water partition coefficient (Wildman–Crippen LogP) is 2.59. The van der Waals surface area contributed by atoms with Crippen molar-refractivity contribution in [2.45, 2.75) is 25.9 Å². The first-order chi connectivity index (χ1) is 9.79. The summed E-state index contributed by atoms with van der Waals surface area (Å²) in [6, 6.07) is 13.3. The second-order valence-corrected chi connectivity index (χ2v) is 4.54. The van der Waals surface area contributed by atoms with E-state index in [4.69, 9.17) is 0 Å². The fourth-order valence-electron chi connectivity index (χ4n) is 1.90. The molecule has 1 atom stereocenters. The zero-order valence-electron chi connectivity index (χ0n) is 11.5. The van der Waals surface area contributed by atoms with Crippen molar-refractivity contribution >= 4 is 11.6 Å². The molecule has 104 valence electrons. The highest BCUT2D eigenvalue weighted by molar-refractivity contribution is 5.84. The molecule has 1 heterocycles. The molecule has 2 N–H and O–H groups in total. The van der Waals surface area contributed by atoms with Gasteiger partial charge in [-0.1, -0.05) is 25.1 Å². The number of rotatable bonds is 6. The highest BCUT2D eigenvalue weighted by Crippen LogP contribution is 2.09.